The molecule has 0 saturated carbocycles. The molecule has 0 aliphatic rings. The standard InChI is InChI=1S/C10H12O2/c1-3-4-8-5-6-9(11)10(7-8)12-2/h3,5-7,11H,1,4H2,2H3/i2D3. The van der Waals surface area contributed by atoms with Gasteiger partial charge in [0.1, 0.15) is 0 Å². The highest BCUT2D eigenvalue weighted by molar-refractivity contribution is 5.42. The van der Waals surface area contributed by atoms with Crippen LogP contribution < -0.4 is 4.74 Å². The van der Waals surface area contributed by atoms with Crippen molar-refractivity contribution in [1.82, 2.24) is 0 Å². The van der Waals surface area contributed by atoms with Crippen LogP contribution >= 0.6 is 0 Å². The Hall–Kier alpha value is -1.44. The molecule has 2 heteroatoms. The van der Waals surface area contributed by atoms with Crippen LogP contribution in [0, 0.1) is 0 Å². The molecule has 0 bridgehead atoms. The lowest BCUT2D eigenvalue weighted by Gasteiger charge is -2.04. The first-order valence-corrected chi connectivity index (χ1v) is 3.54. The van der Waals surface area contributed by atoms with Crippen molar-refractivity contribution in [3.05, 3.63) is 36.4 Å². The number of phenols is 1. The van der Waals surface area contributed by atoms with Gasteiger partial charge in [0.25, 0.3) is 0 Å². The minimum atomic E-state index is -2.55. The van der Waals surface area contributed by atoms with Gasteiger partial charge in [0.05, 0.1) is 11.2 Å². The Morgan fingerprint density at radius 1 is 1.75 bits per heavy atom. The average molecular weight is 167 g/mol. The van der Waals surface area contributed by atoms with Crippen LogP contribution in [-0.4, -0.2) is 12.1 Å². The van der Waals surface area contributed by atoms with E-state index in [0.717, 1.165) is 5.56 Å². The fraction of sp³-hybridized carbons (Fsp3) is 0.200. The van der Waals surface area contributed by atoms with Crippen LogP contribution in [0.5, 0.6) is 11.5 Å². The molecule has 1 rings (SSSR count). The van der Waals surface area contributed by atoms with Crippen molar-refractivity contribution in [2.45, 2.75) is 6.42 Å². The molecule has 0 aromatic heterocycles. The minimum absolute atomic E-state index is 0.0330. The number of benzene rings is 1. The number of allylic oxidation sites excluding steroid dienone is 1. The van der Waals surface area contributed by atoms with Crippen molar-refractivity contribution < 1.29 is 14.0 Å². The van der Waals surface area contributed by atoms with Crippen LogP contribution in [0.15, 0.2) is 30.9 Å². The van der Waals surface area contributed by atoms with E-state index in [2.05, 4.69) is 11.3 Å². The van der Waals surface area contributed by atoms with Gasteiger partial charge in [-0.15, -0.1) is 6.58 Å². The molecule has 0 aliphatic carbocycles. The number of methoxy groups -OCH3 is 1. The molecule has 12 heavy (non-hydrogen) atoms. The molecule has 0 unspecified atom stereocenters. The quantitative estimate of drug-likeness (QED) is 0.699. The summed E-state index contributed by atoms with van der Waals surface area (Å²) < 4.78 is 25.4. The van der Waals surface area contributed by atoms with E-state index in [0.29, 0.717) is 6.42 Å². The van der Waals surface area contributed by atoms with Gasteiger partial charge in [-0.3, -0.25) is 0 Å². The predicted octanol–water partition coefficient (Wildman–Crippen LogP) is 2.13. The molecular formula is C10H12O2. The highest BCUT2D eigenvalue weighted by Gasteiger charge is 2.00. The van der Waals surface area contributed by atoms with E-state index in [1.807, 2.05) is 0 Å². The maximum Gasteiger partial charge on any atom is 0.160 e. The second-order valence-corrected chi connectivity index (χ2v) is 2.40. The number of aromatic hydroxyl groups is 1. The van der Waals surface area contributed by atoms with Crippen molar-refractivity contribution in [3.8, 4) is 11.5 Å². The van der Waals surface area contributed by atoms with Crippen LogP contribution in [0.1, 0.15) is 9.68 Å². The SMILES string of the molecule is [2H]C([2H])([2H])Oc1cc(CC=C)ccc1O. The summed E-state index contributed by atoms with van der Waals surface area (Å²) in [4.78, 5) is 0. The third kappa shape index (κ3) is 1.78. The van der Waals surface area contributed by atoms with Crippen molar-refractivity contribution in [3.63, 3.8) is 0 Å². The lowest BCUT2D eigenvalue weighted by Crippen LogP contribution is -1.86. The third-order valence-corrected chi connectivity index (χ3v) is 1.51. The Kier molecular flexibility index (Phi) is 1.67. The lowest BCUT2D eigenvalue weighted by molar-refractivity contribution is 0.373. The van der Waals surface area contributed by atoms with Crippen LogP contribution in [-0.2, 0) is 6.42 Å². The molecular weight excluding hydrogens is 152 g/mol. The summed E-state index contributed by atoms with van der Waals surface area (Å²) >= 11 is 0. The van der Waals surface area contributed by atoms with Gasteiger partial charge in [0, 0.05) is 0 Å². The largest absolute Gasteiger partial charge is 0.504 e. The number of hydrogen-bond acceptors (Lipinski definition) is 2. The lowest BCUT2D eigenvalue weighted by atomic mass is 10.1. The monoisotopic (exact) mass is 167 g/mol. The number of rotatable bonds is 3. The van der Waals surface area contributed by atoms with Gasteiger partial charge >= 0.3 is 0 Å². The Bertz CT molecular complexity index is 358. The summed E-state index contributed by atoms with van der Waals surface area (Å²) in [5.74, 6) is -0.215. The summed E-state index contributed by atoms with van der Waals surface area (Å²) in [5.41, 5.74) is 0.835. The first kappa shape index (κ1) is 5.25. The first-order chi connectivity index (χ1) is 6.92. The molecule has 1 aromatic rings. The maximum absolute atomic E-state index is 9.37. The number of ether oxygens (including phenoxy) is 1. The van der Waals surface area contributed by atoms with E-state index in [4.69, 9.17) is 4.11 Å². The Morgan fingerprint density at radius 2 is 2.58 bits per heavy atom. The van der Waals surface area contributed by atoms with Crippen molar-refractivity contribution >= 4 is 0 Å². The van der Waals surface area contributed by atoms with Gasteiger partial charge in [-0.2, -0.15) is 0 Å². The van der Waals surface area contributed by atoms with Gasteiger partial charge in [0.15, 0.2) is 11.5 Å². The molecule has 0 amide bonds. The molecule has 1 aromatic carbocycles. The second kappa shape index (κ2) is 3.81. The van der Waals surface area contributed by atoms with Crippen LogP contribution in [0.4, 0.5) is 0 Å². The van der Waals surface area contributed by atoms with Crippen molar-refractivity contribution in [1.29, 1.82) is 0 Å². The van der Waals surface area contributed by atoms with Gasteiger partial charge in [-0.05, 0) is 24.1 Å². The minimum Gasteiger partial charge on any atom is -0.504 e. The first-order valence-electron chi connectivity index (χ1n) is 5.04. The van der Waals surface area contributed by atoms with Crippen LogP contribution in [0.25, 0.3) is 0 Å². The van der Waals surface area contributed by atoms with Crippen LogP contribution in [0.3, 0.4) is 0 Å². The van der Waals surface area contributed by atoms with Gasteiger partial charge in [0.2, 0.25) is 0 Å². The molecule has 1 N–H and O–H groups in total. The number of phenolic OH excluding ortho intramolecular Hbond substituents is 1. The van der Waals surface area contributed by atoms with Gasteiger partial charge < -0.3 is 9.84 Å². The van der Waals surface area contributed by atoms with Gasteiger partial charge in [-0.1, -0.05) is 12.1 Å². The third-order valence-electron chi connectivity index (χ3n) is 1.51. The molecule has 0 radical (unpaired) electrons. The summed E-state index contributed by atoms with van der Waals surface area (Å²) in [5, 5.41) is 9.37. The number of hydrogen-bond donors (Lipinski definition) is 1. The molecule has 0 heterocycles. The topological polar surface area (TPSA) is 29.5 Å². The summed E-state index contributed by atoms with van der Waals surface area (Å²) in [6.07, 6.45) is 2.28. The van der Waals surface area contributed by atoms with E-state index in [9.17, 15) is 5.11 Å². The van der Waals surface area contributed by atoms with E-state index in [-0.39, 0.29) is 11.5 Å². The van der Waals surface area contributed by atoms with Crippen molar-refractivity contribution in [2.75, 3.05) is 7.04 Å². The van der Waals surface area contributed by atoms with Crippen molar-refractivity contribution in [2.24, 2.45) is 0 Å². The fourth-order valence-electron chi connectivity index (χ4n) is 0.934. The fourth-order valence-corrected chi connectivity index (χ4v) is 0.934. The zero-order chi connectivity index (χ0) is 11.5. The predicted molar refractivity (Wildman–Crippen MR) is 48.6 cm³/mol. The Balaban J connectivity index is 2.95. The highest BCUT2D eigenvalue weighted by atomic mass is 16.5. The van der Waals surface area contributed by atoms with E-state index < -0.39 is 7.04 Å². The highest BCUT2D eigenvalue weighted by Crippen LogP contribution is 2.26. The molecule has 0 saturated heterocycles. The van der Waals surface area contributed by atoms with E-state index >= 15 is 0 Å². The van der Waals surface area contributed by atoms with E-state index in [1.54, 1.807) is 12.1 Å². The average Bonchev–Trinajstić information content (AvgIpc) is 2.09. The maximum atomic E-state index is 9.37. The van der Waals surface area contributed by atoms with Crippen LogP contribution in [0.2, 0.25) is 0 Å². The molecule has 0 atom stereocenters. The molecule has 64 valence electrons. The molecule has 2 nitrogen and oxygen atoms in total. The molecule has 0 aliphatic heterocycles. The molecule has 0 spiro atoms. The smallest absolute Gasteiger partial charge is 0.160 e. The molecule has 0 fully saturated rings. The summed E-state index contributed by atoms with van der Waals surface area (Å²) in [7, 11) is -2.55. The Labute approximate surface area is 76.3 Å². The summed E-state index contributed by atoms with van der Waals surface area (Å²) in [6, 6.07) is 4.58. The normalized spacial score (nSPS) is 14.2. The van der Waals surface area contributed by atoms with E-state index in [1.165, 1.54) is 12.1 Å². The summed E-state index contributed by atoms with van der Waals surface area (Å²) in [6.45, 7) is 3.57. The Morgan fingerprint density at radius 3 is 3.25 bits per heavy atom. The second-order valence-electron chi connectivity index (χ2n) is 2.40. The zero-order valence-corrected chi connectivity index (χ0v) is 6.58. The van der Waals surface area contributed by atoms with Gasteiger partial charge in [-0.25, -0.2) is 0 Å². The zero-order valence-electron chi connectivity index (χ0n) is 9.58.